The minimum absolute atomic E-state index is 0.216. The summed E-state index contributed by atoms with van der Waals surface area (Å²) < 4.78 is 0. The average molecular weight is 225 g/mol. The first-order chi connectivity index (χ1) is 7.77. The summed E-state index contributed by atoms with van der Waals surface area (Å²) >= 11 is 0. The van der Waals surface area contributed by atoms with Crippen molar-refractivity contribution in [3.63, 3.8) is 0 Å². The number of hydrogen-bond donors (Lipinski definition) is 2. The Labute approximate surface area is 97.8 Å². The first kappa shape index (κ1) is 11.9. The highest BCUT2D eigenvalue weighted by Gasteiger charge is 2.25. The molecule has 4 nitrogen and oxygen atoms in total. The van der Waals surface area contributed by atoms with Gasteiger partial charge in [-0.15, -0.1) is 0 Å². The molecule has 2 N–H and O–H groups in total. The Kier molecular flexibility index (Phi) is 4.18. The van der Waals surface area contributed by atoms with Crippen molar-refractivity contribution in [3.05, 3.63) is 0 Å². The molecule has 0 radical (unpaired) electrons. The van der Waals surface area contributed by atoms with Crippen molar-refractivity contribution in [1.29, 1.82) is 0 Å². The van der Waals surface area contributed by atoms with E-state index >= 15 is 0 Å². The smallest absolute Gasteiger partial charge is 0.225 e. The van der Waals surface area contributed by atoms with E-state index in [-0.39, 0.29) is 11.8 Å². The van der Waals surface area contributed by atoms with Gasteiger partial charge >= 0.3 is 0 Å². The Hall–Kier alpha value is -0.610. The van der Waals surface area contributed by atoms with Crippen LogP contribution in [0.15, 0.2) is 0 Å². The zero-order valence-corrected chi connectivity index (χ0v) is 10.2. The highest BCUT2D eigenvalue weighted by molar-refractivity contribution is 5.80. The van der Waals surface area contributed by atoms with Crippen molar-refractivity contribution < 1.29 is 4.79 Å². The van der Waals surface area contributed by atoms with Gasteiger partial charge < -0.3 is 10.6 Å². The number of carbonyl (C=O) groups excluding carboxylic acids is 1. The number of likely N-dealkylation sites (tertiary alicyclic amines) is 1. The third-order valence-corrected chi connectivity index (χ3v) is 3.74. The van der Waals surface area contributed by atoms with E-state index in [0.29, 0.717) is 6.04 Å². The first-order valence-corrected chi connectivity index (χ1v) is 6.50. The van der Waals surface area contributed by atoms with Gasteiger partial charge in [-0.25, -0.2) is 0 Å². The summed E-state index contributed by atoms with van der Waals surface area (Å²) in [6, 6.07) is 0.484. The lowest BCUT2D eigenvalue weighted by Gasteiger charge is -2.33. The van der Waals surface area contributed by atoms with Gasteiger partial charge in [0.1, 0.15) is 0 Å². The molecule has 0 aliphatic carbocycles. The maximum atomic E-state index is 11.6. The third kappa shape index (κ3) is 2.95. The molecule has 1 amide bonds. The van der Waals surface area contributed by atoms with Crippen molar-refractivity contribution in [1.82, 2.24) is 15.5 Å². The molecule has 2 aliphatic heterocycles. The fourth-order valence-corrected chi connectivity index (χ4v) is 2.35. The monoisotopic (exact) mass is 225 g/mol. The normalized spacial score (nSPS) is 24.8. The molecule has 92 valence electrons. The molecule has 1 unspecified atom stereocenters. The van der Waals surface area contributed by atoms with E-state index in [1.165, 1.54) is 32.4 Å². The van der Waals surface area contributed by atoms with Crippen LogP contribution in [-0.4, -0.2) is 49.6 Å². The van der Waals surface area contributed by atoms with E-state index < -0.39 is 0 Å². The lowest BCUT2D eigenvalue weighted by molar-refractivity contribution is -0.126. The van der Waals surface area contributed by atoms with Crippen LogP contribution >= 0.6 is 0 Å². The number of amides is 1. The lowest BCUT2D eigenvalue weighted by atomic mass is 10.0. The largest absolute Gasteiger partial charge is 0.354 e. The number of nitrogens with zero attached hydrogens (tertiary/aromatic N) is 1. The Morgan fingerprint density at radius 1 is 1.38 bits per heavy atom. The van der Waals surface area contributed by atoms with Crippen molar-refractivity contribution in [3.8, 4) is 0 Å². The minimum atomic E-state index is 0.216. The summed E-state index contributed by atoms with van der Waals surface area (Å²) in [4.78, 5) is 14.1. The van der Waals surface area contributed by atoms with E-state index in [4.69, 9.17) is 0 Å². The van der Waals surface area contributed by atoms with E-state index in [9.17, 15) is 4.79 Å². The fourth-order valence-electron chi connectivity index (χ4n) is 2.35. The van der Waals surface area contributed by atoms with Crippen LogP contribution in [0.25, 0.3) is 0 Å². The van der Waals surface area contributed by atoms with Crippen molar-refractivity contribution in [2.75, 3.05) is 32.7 Å². The van der Waals surface area contributed by atoms with Crippen molar-refractivity contribution in [2.45, 2.75) is 32.2 Å². The maximum absolute atomic E-state index is 11.6. The zero-order chi connectivity index (χ0) is 11.4. The van der Waals surface area contributed by atoms with Crippen LogP contribution in [0.2, 0.25) is 0 Å². The lowest BCUT2D eigenvalue weighted by Crippen LogP contribution is -2.53. The quantitative estimate of drug-likeness (QED) is 0.718. The van der Waals surface area contributed by atoms with E-state index in [0.717, 1.165) is 19.6 Å². The number of carbonyl (C=O) groups is 1. The van der Waals surface area contributed by atoms with Crippen LogP contribution in [-0.2, 0) is 4.79 Å². The topological polar surface area (TPSA) is 44.4 Å². The summed E-state index contributed by atoms with van der Waals surface area (Å²) in [5.74, 6) is 0.441. The Morgan fingerprint density at radius 2 is 2.06 bits per heavy atom. The van der Waals surface area contributed by atoms with Gasteiger partial charge in [-0.1, -0.05) is 6.42 Å². The molecule has 0 aromatic rings. The summed E-state index contributed by atoms with van der Waals surface area (Å²) in [5, 5.41) is 6.18. The molecule has 4 heteroatoms. The molecular weight excluding hydrogens is 202 g/mol. The molecule has 0 spiro atoms. The van der Waals surface area contributed by atoms with Gasteiger partial charge in [0, 0.05) is 25.7 Å². The van der Waals surface area contributed by atoms with Crippen LogP contribution in [0.3, 0.4) is 0 Å². The molecule has 2 heterocycles. The molecule has 0 aromatic carbocycles. The van der Waals surface area contributed by atoms with Gasteiger partial charge in [0.05, 0.1) is 5.92 Å². The summed E-state index contributed by atoms with van der Waals surface area (Å²) in [6.45, 7) is 7.11. The Morgan fingerprint density at radius 3 is 2.62 bits per heavy atom. The summed E-state index contributed by atoms with van der Waals surface area (Å²) in [6.07, 6.45) is 3.99. The van der Waals surface area contributed by atoms with E-state index in [1.807, 2.05) is 0 Å². The van der Waals surface area contributed by atoms with Gasteiger partial charge in [0.2, 0.25) is 5.91 Å². The van der Waals surface area contributed by atoms with Crippen LogP contribution < -0.4 is 10.6 Å². The molecule has 2 fully saturated rings. The molecule has 0 aromatic heterocycles. The highest BCUT2D eigenvalue weighted by atomic mass is 16.2. The summed E-state index contributed by atoms with van der Waals surface area (Å²) in [5.41, 5.74) is 0. The van der Waals surface area contributed by atoms with E-state index in [2.05, 4.69) is 22.5 Å². The van der Waals surface area contributed by atoms with Gasteiger partial charge in [-0.05, 0) is 32.9 Å². The van der Waals surface area contributed by atoms with Crippen LogP contribution in [0.5, 0.6) is 0 Å². The number of piperidine rings is 1. The number of rotatable bonds is 4. The van der Waals surface area contributed by atoms with Crippen LogP contribution in [0.4, 0.5) is 0 Å². The van der Waals surface area contributed by atoms with Gasteiger partial charge in [0.25, 0.3) is 0 Å². The standard InChI is InChI=1S/C12H23N3O/c1-10(15-5-3-2-4-6-15)7-14-12(16)11-8-13-9-11/h10-11,13H,2-9H2,1H3,(H,14,16). The maximum Gasteiger partial charge on any atom is 0.225 e. The highest BCUT2D eigenvalue weighted by Crippen LogP contribution is 2.11. The second-order valence-electron chi connectivity index (χ2n) is 5.05. The van der Waals surface area contributed by atoms with Gasteiger partial charge in [0.15, 0.2) is 0 Å². The van der Waals surface area contributed by atoms with Crippen LogP contribution in [0.1, 0.15) is 26.2 Å². The van der Waals surface area contributed by atoms with Crippen LogP contribution in [0, 0.1) is 5.92 Å². The van der Waals surface area contributed by atoms with Gasteiger partial charge in [-0.2, -0.15) is 0 Å². The molecule has 16 heavy (non-hydrogen) atoms. The fraction of sp³-hybridized carbons (Fsp3) is 0.917. The second kappa shape index (κ2) is 5.64. The predicted molar refractivity (Wildman–Crippen MR) is 64.3 cm³/mol. The summed E-state index contributed by atoms with van der Waals surface area (Å²) in [7, 11) is 0. The molecule has 2 aliphatic rings. The zero-order valence-electron chi connectivity index (χ0n) is 10.2. The second-order valence-corrected chi connectivity index (χ2v) is 5.05. The molecule has 2 rings (SSSR count). The number of nitrogens with one attached hydrogen (secondary N) is 2. The van der Waals surface area contributed by atoms with Gasteiger partial charge in [-0.3, -0.25) is 9.69 Å². The van der Waals surface area contributed by atoms with Crippen molar-refractivity contribution >= 4 is 5.91 Å². The third-order valence-electron chi connectivity index (χ3n) is 3.74. The molecule has 1 atom stereocenters. The predicted octanol–water partition coefficient (Wildman–Crippen LogP) is 0.196. The van der Waals surface area contributed by atoms with E-state index in [1.54, 1.807) is 0 Å². The molecule has 0 saturated carbocycles. The van der Waals surface area contributed by atoms with Crippen molar-refractivity contribution in [2.24, 2.45) is 5.92 Å². The minimum Gasteiger partial charge on any atom is -0.354 e. The molecule has 2 saturated heterocycles. The number of hydrogen-bond acceptors (Lipinski definition) is 3. The first-order valence-electron chi connectivity index (χ1n) is 6.50. The Balaban J connectivity index is 1.65. The average Bonchev–Trinajstić information content (AvgIpc) is 2.25. The Bertz CT molecular complexity index is 234. The molecular formula is C12H23N3O. The molecule has 0 bridgehead atoms. The SMILES string of the molecule is CC(CNC(=O)C1CNC1)N1CCCCC1.